The number of benzene rings is 1. The van der Waals surface area contributed by atoms with E-state index < -0.39 is 0 Å². The third-order valence-electron chi connectivity index (χ3n) is 1.88. The Kier molecular flexibility index (Phi) is 2.73. The molecule has 0 radical (unpaired) electrons. The third-order valence-corrected chi connectivity index (χ3v) is 1.88. The molecule has 0 saturated carbocycles. The third kappa shape index (κ3) is 1.73. The van der Waals surface area contributed by atoms with E-state index in [0.29, 0.717) is 0 Å². The molecule has 1 aromatic heterocycles. The monoisotopic (exact) mass is 195 g/mol. The SMILES string of the molecule is Cc1cc2ccccc2[n+]([O-])c1.Cl. The lowest BCUT2D eigenvalue weighted by Crippen LogP contribution is -2.26. The first-order valence-corrected chi connectivity index (χ1v) is 3.86. The summed E-state index contributed by atoms with van der Waals surface area (Å²) in [4.78, 5) is 0. The van der Waals surface area contributed by atoms with Crippen LogP contribution >= 0.6 is 12.4 Å². The van der Waals surface area contributed by atoms with Crippen LogP contribution in [0.3, 0.4) is 0 Å². The fraction of sp³-hybridized carbons (Fsp3) is 0.100. The van der Waals surface area contributed by atoms with Crippen LogP contribution in [0.2, 0.25) is 0 Å². The molecule has 13 heavy (non-hydrogen) atoms. The zero-order chi connectivity index (χ0) is 8.55. The van der Waals surface area contributed by atoms with E-state index in [2.05, 4.69) is 0 Å². The zero-order valence-corrected chi connectivity index (χ0v) is 8.04. The van der Waals surface area contributed by atoms with Crippen molar-refractivity contribution in [3.05, 3.63) is 47.3 Å². The zero-order valence-electron chi connectivity index (χ0n) is 7.23. The minimum absolute atomic E-state index is 0. The van der Waals surface area contributed by atoms with Gasteiger partial charge in [-0.05, 0) is 19.1 Å². The van der Waals surface area contributed by atoms with Crippen molar-refractivity contribution in [2.24, 2.45) is 0 Å². The summed E-state index contributed by atoms with van der Waals surface area (Å²) in [7, 11) is 0. The van der Waals surface area contributed by atoms with Gasteiger partial charge < -0.3 is 5.21 Å². The molecule has 0 atom stereocenters. The summed E-state index contributed by atoms with van der Waals surface area (Å²) in [5.74, 6) is 0. The fourth-order valence-electron chi connectivity index (χ4n) is 1.35. The number of hydrogen-bond donors (Lipinski definition) is 0. The topological polar surface area (TPSA) is 26.9 Å². The van der Waals surface area contributed by atoms with Crippen molar-refractivity contribution < 1.29 is 4.73 Å². The normalized spacial score (nSPS) is 9.62. The Morgan fingerprint density at radius 2 is 1.92 bits per heavy atom. The number of aryl methyl sites for hydroxylation is 1. The van der Waals surface area contributed by atoms with Crippen molar-refractivity contribution in [3.63, 3.8) is 0 Å². The molecular weight excluding hydrogens is 186 g/mol. The second-order valence-electron chi connectivity index (χ2n) is 2.90. The number of rotatable bonds is 0. The van der Waals surface area contributed by atoms with E-state index in [1.807, 2.05) is 37.3 Å². The van der Waals surface area contributed by atoms with Crippen LogP contribution in [0.25, 0.3) is 10.9 Å². The Labute approximate surface area is 82.8 Å². The van der Waals surface area contributed by atoms with Crippen molar-refractivity contribution in [1.82, 2.24) is 0 Å². The van der Waals surface area contributed by atoms with Crippen molar-refractivity contribution in [2.75, 3.05) is 0 Å². The van der Waals surface area contributed by atoms with E-state index in [4.69, 9.17) is 0 Å². The summed E-state index contributed by atoms with van der Waals surface area (Å²) < 4.78 is 0.907. The van der Waals surface area contributed by atoms with Gasteiger partial charge in [-0.3, -0.25) is 0 Å². The van der Waals surface area contributed by atoms with Gasteiger partial charge >= 0.3 is 0 Å². The lowest BCUT2D eigenvalue weighted by atomic mass is 10.2. The summed E-state index contributed by atoms with van der Waals surface area (Å²) in [5.41, 5.74) is 1.71. The summed E-state index contributed by atoms with van der Waals surface area (Å²) in [6, 6.07) is 9.57. The maximum Gasteiger partial charge on any atom is 0.223 e. The summed E-state index contributed by atoms with van der Waals surface area (Å²) in [5, 5.41) is 12.3. The molecule has 0 N–H and O–H groups in total. The number of fused-ring (bicyclic) bond motifs is 1. The largest absolute Gasteiger partial charge is 0.618 e. The molecule has 1 aromatic carbocycles. The second-order valence-corrected chi connectivity index (χ2v) is 2.90. The summed E-state index contributed by atoms with van der Waals surface area (Å²) in [6.07, 6.45) is 1.59. The van der Waals surface area contributed by atoms with Crippen LogP contribution in [-0.2, 0) is 0 Å². The minimum Gasteiger partial charge on any atom is -0.618 e. The predicted octanol–water partition coefficient (Wildman–Crippen LogP) is 2.20. The van der Waals surface area contributed by atoms with Crippen LogP contribution in [0, 0.1) is 12.1 Å². The van der Waals surface area contributed by atoms with Gasteiger partial charge in [0, 0.05) is 17.0 Å². The maximum atomic E-state index is 11.3. The number of nitrogens with zero attached hydrogens (tertiary/aromatic N) is 1. The van der Waals surface area contributed by atoms with Gasteiger partial charge in [-0.15, -0.1) is 12.4 Å². The smallest absolute Gasteiger partial charge is 0.223 e. The number of halogens is 1. The predicted molar refractivity (Wildman–Crippen MR) is 54.9 cm³/mol. The van der Waals surface area contributed by atoms with Crippen molar-refractivity contribution >= 4 is 23.3 Å². The van der Waals surface area contributed by atoms with Crippen molar-refractivity contribution in [1.29, 1.82) is 0 Å². The van der Waals surface area contributed by atoms with Gasteiger partial charge in [-0.2, -0.15) is 4.73 Å². The fourth-order valence-corrected chi connectivity index (χ4v) is 1.35. The molecule has 0 unspecified atom stereocenters. The van der Waals surface area contributed by atoms with Crippen LogP contribution in [0.4, 0.5) is 0 Å². The highest BCUT2D eigenvalue weighted by molar-refractivity contribution is 5.85. The first-order chi connectivity index (χ1) is 5.77. The van der Waals surface area contributed by atoms with Gasteiger partial charge in [0.1, 0.15) is 0 Å². The minimum atomic E-state index is 0. The van der Waals surface area contributed by atoms with E-state index in [9.17, 15) is 5.21 Å². The second kappa shape index (κ2) is 3.62. The molecule has 0 aliphatic heterocycles. The van der Waals surface area contributed by atoms with E-state index in [-0.39, 0.29) is 12.4 Å². The molecule has 2 aromatic rings. The lowest BCUT2D eigenvalue weighted by Gasteiger charge is -2.01. The van der Waals surface area contributed by atoms with E-state index >= 15 is 0 Å². The van der Waals surface area contributed by atoms with Gasteiger partial charge in [0.25, 0.3) is 0 Å². The molecule has 68 valence electrons. The number of para-hydroxylation sites is 1. The van der Waals surface area contributed by atoms with Gasteiger partial charge in [-0.1, -0.05) is 12.1 Å². The Morgan fingerprint density at radius 1 is 1.23 bits per heavy atom. The molecule has 0 spiro atoms. The van der Waals surface area contributed by atoms with Crippen molar-refractivity contribution in [3.8, 4) is 0 Å². The van der Waals surface area contributed by atoms with Crippen molar-refractivity contribution in [2.45, 2.75) is 6.92 Å². The highest BCUT2D eigenvalue weighted by atomic mass is 35.5. The average molecular weight is 196 g/mol. The number of aromatic nitrogens is 1. The van der Waals surface area contributed by atoms with Crippen LogP contribution < -0.4 is 4.73 Å². The van der Waals surface area contributed by atoms with Crippen LogP contribution in [0.1, 0.15) is 5.56 Å². The summed E-state index contributed by atoms with van der Waals surface area (Å²) >= 11 is 0. The Bertz CT molecular complexity index is 428. The molecule has 0 bridgehead atoms. The molecule has 0 aliphatic carbocycles. The summed E-state index contributed by atoms with van der Waals surface area (Å²) in [6.45, 7) is 1.92. The Morgan fingerprint density at radius 3 is 2.69 bits per heavy atom. The molecule has 2 nitrogen and oxygen atoms in total. The molecule has 3 heteroatoms. The lowest BCUT2D eigenvalue weighted by molar-refractivity contribution is -0.577. The van der Waals surface area contributed by atoms with Gasteiger partial charge in [0.15, 0.2) is 6.20 Å². The van der Waals surface area contributed by atoms with E-state index in [0.717, 1.165) is 21.2 Å². The van der Waals surface area contributed by atoms with Crippen LogP contribution in [-0.4, -0.2) is 0 Å². The van der Waals surface area contributed by atoms with Gasteiger partial charge in [0.05, 0.1) is 0 Å². The molecule has 2 rings (SSSR count). The molecule has 0 aliphatic rings. The van der Waals surface area contributed by atoms with Crippen LogP contribution in [0.15, 0.2) is 36.5 Å². The highest BCUT2D eigenvalue weighted by Gasteiger charge is 2.01. The standard InChI is InChI=1S/C10H9NO.ClH/c1-8-6-9-4-2-3-5-10(9)11(12)7-8;/h2-7H,1H3;1H. The molecular formula is C10H10ClNO. The molecule has 0 saturated heterocycles. The first-order valence-electron chi connectivity index (χ1n) is 3.86. The molecule has 0 fully saturated rings. The quantitative estimate of drug-likeness (QED) is 0.468. The Hall–Kier alpha value is -1.28. The molecule has 1 heterocycles. The van der Waals surface area contributed by atoms with Crippen LogP contribution in [0.5, 0.6) is 0 Å². The highest BCUT2D eigenvalue weighted by Crippen LogP contribution is 2.09. The van der Waals surface area contributed by atoms with Gasteiger partial charge in [0.2, 0.25) is 5.52 Å². The first kappa shape index (κ1) is 9.81. The maximum absolute atomic E-state index is 11.3. The Balaban J connectivity index is 0.000000845. The number of pyridine rings is 1. The van der Waals surface area contributed by atoms with E-state index in [1.165, 1.54) is 0 Å². The molecule has 0 amide bonds. The van der Waals surface area contributed by atoms with Gasteiger partial charge in [-0.25, -0.2) is 0 Å². The number of hydrogen-bond acceptors (Lipinski definition) is 1. The average Bonchev–Trinajstić information content (AvgIpc) is 2.04. The van der Waals surface area contributed by atoms with E-state index in [1.54, 1.807) is 6.20 Å².